The van der Waals surface area contributed by atoms with E-state index >= 15 is 0 Å². The molecule has 3 aromatic rings. The molecule has 0 amide bonds. The average Bonchev–Trinajstić information content (AvgIpc) is 2.80. The van der Waals surface area contributed by atoms with Gasteiger partial charge in [0.05, 0.1) is 0 Å². The van der Waals surface area contributed by atoms with E-state index < -0.39 is 6.10 Å². The highest BCUT2D eigenvalue weighted by Crippen LogP contribution is 2.51. The number of hydrogen-bond donors (Lipinski definition) is 2. The molecule has 0 heterocycles. The van der Waals surface area contributed by atoms with Crippen LogP contribution < -0.4 is 5.30 Å². The van der Waals surface area contributed by atoms with E-state index in [2.05, 4.69) is 58.0 Å². The van der Waals surface area contributed by atoms with E-state index in [9.17, 15) is 10.2 Å². The Bertz CT molecular complexity index is 993. The average molecular weight is 435 g/mol. The van der Waals surface area contributed by atoms with Crippen molar-refractivity contribution in [3.05, 3.63) is 94.5 Å². The quantitative estimate of drug-likeness (QED) is 0.366. The highest BCUT2D eigenvalue weighted by Gasteiger charge is 2.33. The van der Waals surface area contributed by atoms with E-state index in [-0.39, 0.29) is 5.16 Å². The van der Waals surface area contributed by atoms with Crippen molar-refractivity contribution in [3.63, 3.8) is 0 Å². The predicted molar refractivity (Wildman–Crippen MR) is 134 cm³/mol. The molecule has 164 valence electrons. The number of phenols is 1. The van der Waals surface area contributed by atoms with Gasteiger partial charge in [0.1, 0.15) is 11.9 Å². The second-order valence-corrected chi connectivity index (χ2v) is 10.1. The minimum absolute atomic E-state index is 0.158. The Morgan fingerprint density at radius 3 is 2.26 bits per heavy atom. The summed E-state index contributed by atoms with van der Waals surface area (Å²) in [4.78, 5) is 0. The first-order valence-electron chi connectivity index (χ1n) is 11.4. The van der Waals surface area contributed by atoms with Crippen molar-refractivity contribution < 1.29 is 10.2 Å². The van der Waals surface area contributed by atoms with E-state index in [1.807, 2.05) is 36.4 Å². The van der Waals surface area contributed by atoms with Gasteiger partial charge in [-0.15, -0.1) is 0 Å². The molecule has 0 aromatic heterocycles. The molecule has 0 fully saturated rings. The molecule has 0 saturated carbocycles. The summed E-state index contributed by atoms with van der Waals surface area (Å²) in [6.07, 6.45) is 3.10. The molecule has 2 nitrogen and oxygen atoms in total. The van der Waals surface area contributed by atoms with Crippen molar-refractivity contribution >= 4 is 13.9 Å². The summed E-state index contributed by atoms with van der Waals surface area (Å²) in [5.74, 6) is 0.456. The Hall–Kier alpha value is -2.15. The molecule has 2 atom stereocenters. The largest absolute Gasteiger partial charge is 0.507 e. The second-order valence-electron chi connectivity index (χ2n) is 8.38. The van der Waals surface area contributed by atoms with Gasteiger partial charge in [0.2, 0.25) is 0 Å². The molecule has 0 aliphatic rings. The van der Waals surface area contributed by atoms with E-state index in [1.54, 1.807) is 0 Å². The molecule has 2 N–H and O–H groups in total. The third-order valence-corrected chi connectivity index (χ3v) is 8.53. The molecule has 0 aliphatic heterocycles. The second kappa shape index (κ2) is 10.4. The zero-order valence-corrected chi connectivity index (χ0v) is 20.2. The molecule has 2 unspecified atom stereocenters. The number of aliphatic hydroxyl groups excluding tert-OH is 1. The van der Waals surface area contributed by atoms with Crippen LogP contribution in [0.1, 0.15) is 74.0 Å². The number of para-hydroxylation sites is 1. The summed E-state index contributed by atoms with van der Waals surface area (Å²) < 4.78 is 0. The standard InChI is InChI=1S/C28H35O2P/c1-5-12-21-15-11-16-24(27(21)30)28(6-2,7-3)31-25-18-17-20(4)19-23(25)26(29)22-13-9-8-10-14-22/h8-11,13-19,26,29-31H,5-7,12H2,1-4H3. The van der Waals surface area contributed by atoms with Crippen LogP contribution in [0, 0.1) is 6.92 Å². The third kappa shape index (κ3) is 5.03. The van der Waals surface area contributed by atoms with E-state index in [0.717, 1.165) is 53.5 Å². The SMILES string of the molecule is CCCc1cccc(C(CC)(CC)Pc2ccc(C)cc2C(O)c2ccccc2)c1O. The Morgan fingerprint density at radius 2 is 1.61 bits per heavy atom. The van der Waals surface area contributed by atoms with Crippen LogP contribution in [0.3, 0.4) is 0 Å². The number of phenolic OH excluding ortho intramolecular Hbond substituents is 1. The van der Waals surface area contributed by atoms with Crippen molar-refractivity contribution in [2.75, 3.05) is 0 Å². The molecule has 0 aliphatic carbocycles. The van der Waals surface area contributed by atoms with Gasteiger partial charge in [0, 0.05) is 10.7 Å². The van der Waals surface area contributed by atoms with Gasteiger partial charge in [0.25, 0.3) is 0 Å². The van der Waals surface area contributed by atoms with Crippen LogP contribution in [0.15, 0.2) is 66.7 Å². The predicted octanol–water partition coefficient (Wildman–Crippen LogP) is 6.75. The number of aromatic hydroxyl groups is 1. The van der Waals surface area contributed by atoms with E-state index in [1.165, 1.54) is 5.30 Å². The van der Waals surface area contributed by atoms with Gasteiger partial charge >= 0.3 is 0 Å². The monoisotopic (exact) mass is 434 g/mol. The molecule has 3 rings (SSSR count). The van der Waals surface area contributed by atoms with Gasteiger partial charge in [-0.2, -0.15) is 0 Å². The molecule has 3 aromatic carbocycles. The lowest BCUT2D eigenvalue weighted by atomic mass is 9.89. The molecule has 3 heteroatoms. The minimum Gasteiger partial charge on any atom is -0.507 e. The van der Waals surface area contributed by atoms with Gasteiger partial charge < -0.3 is 10.2 Å². The van der Waals surface area contributed by atoms with Gasteiger partial charge in [-0.1, -0.05) is 108 Å². The summed E-state index contributed by atoms with van der Waals surface area (Å²) in [5.41, 5.74) is 5.10. The van der Waals surface area contributed by atoms with Crippen LogP contribution in [-0.2, 0) is 11.6 Å². The Kier molecular flexibility index (Phi) is 7.92. The number of rotatable bonds is 9. The summed E-state index contributed by atoms with van der Waals surface area (Å²) in [7, 11) is 0.451. The fourth-order valence-electron chi connectivity index (χ4n) is 4.42. The number of aryl methyl sites for hydroxylation is 2. The van der Waals surface area contributed by atoms with Crippen LogP contribution in [0.2, 0.25) is 0 Å². The van der Waals surface area contributed by atoms with Crippen molar-refractivity contribution in [2.45, 2.75) is 64.6 Å². The minimum atomic E-state index is -0.657. The van der Waals surface area contributed by atoms with Gasteiger partial charge in [-0.3, -0.25) is 0 Å². The Balaban J connectivity index is 2.08. The summed E-state index contributed by atoms with van der Waals surface area (Å²) in [5, 5.41) is 23.4. The molecule has 0 radical (unpaired) electrons. The van der Waals surface area contributed by atoms with Crippen molar-refractivity contribution in [1.82, 2.24) is 0 Å². The zero-order chi connectivity index (χ0) is 22.4. The van der Waals surface area contributed by atoms with Crippen molar-refractivity contribution in [1.29, 1.82) is 0 Å². The molecule has 0 bridgehead atoms. The molecular formula is C28H35O2P. The number of hydrogen-bond acceptors (Lipinski definition) is 2. The number of benzene rings is 3. The number of aliphatic hydroxyl groups is 1. The lowest BCUT2D eigenvalue weighted by Gasteiger charge is -2.35. The topological polar surface area (TPSA) is 40.5 Å². The summed E-state index contributed by atoms with van der Waals surface area (Å²) in [6.45, 7) is 8.64. The van der Waals surface area contributed by atoms with Gasteiger partial charge in [-0.25, -0.2) is 0 Å². The van der Waals surface area contributed by atoms with Crippen LogP contribution in [-0.4, -0.2) is 10.2 Å². The fraction of sp³-hybridized carbons (Fsp3) is 0.357. The highest BCUT2D eigenvalue weighted by atomic mass is 31.1. The van der Waals surface area contributed by atoms with Crippen molar-refractivity contribution in [2.24, 2.45) is 0 Å². The summed E-state index contributed by atoms with van der Waals surface area (Å²) >= 11 is 0. The normalized spacial score (nSPS) is 13.1. The van der Waals surface area contributed by atoms with Crippen LogP contribution in [0.25, 0.3) is 0 Å². The highest BCUT2D eigenvalue weighted by molar-refractivity contribution is 7.48. The Labute approximate surface area is 189 Å². The Morgan fingerprint density at radius 1 is 0.903 bits per heavy atom. The maximum absolute atomic E-state index is 11.2. The van der Waals surface area contributed by atoms with Gasteiger partial charge in [-0.05, 0) is 48.2 Å². The lowest BCUT2D eigenvalue weighted by Crippen LogP contribution is -2.24. The zero-order valence-electron chi connectivity index (χ0n) is 19.2. The fourth-order valence-corrected chi connectivity index (χ4v) is 6.14. The molecular weight excluding hydrogens is 399 g/mol. The van der Waals surface area contributed by atoms with E-state index in [0.29, 0.717) is 14.3 Å². The lowest BCUT2D eigenvalue weighted by molar-refractivity contribution is 0.221. The van der Waals surface area contributed by atoms with Gasteiger partial charge in [0.15, 0.2) is 0 Å². The molecule has 0 saturated heterocycles. The molecule has 31 heavy (non-hydrogen) atoms. The molecule has 0 spiro atoms. The first-order chi connectivity index (χ1) is 15.0. The van der Waals surface area contributed by atoms with Crippen LogP contribution in [0.5, 0.6) is 5.75 Å². The summed E-state index contributed by atoms with van der Waals surface area (Å²) in [6, 6.07) is 22.5. The smallest absolute Gasteiger partial charge is 0.122 e. The first kappa shape index (κ1) is 23.5. The van der Waals surface area contributed by atoms with Crippen LogP contribution >= 0.6 is 8.58 Å². The van der Waals surface area contributed by atoms with Crippen molar-refractivity contribution in [3.8, 4) is 5.75 Å². The third-order valence-electron chi connectivity index (χ3n) is 6.35. The van der Waals surface area contributed by atoms with E-state index in [4.69, 9.17) is 0 Å². The van der Waals surface area contributed by atoms with Crippen LogP contribution in [0.4, 0.5) is 0 Å². The maximum atomic E-state index is 11.2. The maximum Gasteiger partial charge on any atom is 0.122 e. The first-order valence-corrected chi connectivity index (χ1v) is 12.4.